The number of aromatic nitrogens is 2. The van der Waals surface area contributed by atoms with E-state index in [2.05, 4.69) is 26.1 Å². The summed E-state index contributed by atoms with van der Waals surface area (Å²) in [5.74, 6) is -0.983. The number of rotatable bonds is 7. The predicted molar refractivity (Wildman–Crippen MR) is 149 cm³/mol. The highest BCUT2D eigenvalue weighted by atomic mass is 32.1. The number of ether oxygens (including phenoxy) is 2. The first-order valence-corrected chi connectivity index (χ1v) is 13.5. The van der Waals surface area contributed by atoms with Gasteiger partial charge in [-0.1, -0.05) is 41.7 Å². The second-order valence-corrected chi connectivity index (χ2v) is 10.9. The number of anilines is 2. The molecule has 1 aliphatic rings. The van der Waals surface area contributed by atoms with E-state index in [0.717, 1.165) is 11.3 Å². The van der Waals surface area contributed by atoms with Gasteiger partial charge in [0, 0.05) is 30.8 Å². The molecule has 4 aromatic rings. The quantitative estimate of drug-likeness (QED) is 0.237. The number of benzene rings is 2. The van der Waals surface area contributed by atoms with Crippen LogP contribution in [0.2, 0.25) is 0 Å². The highest BCUT2D eigenvalue weighted by Crippen LogP contribution is 2.35. The average molecular weight is 566 g/mol. The zero-order valence-corrected chi connectivity index (χ0v) is 22.7. The predicted octanol–water partition coefficient (Wildman–Crippen LogP) is 5.40. The van der Waals surface area contributed by atoms with Gasteiger partial charge in [-0.05, 0) is 44.9 Å². The summed E-state index contributed by atoms with van der Waals surface area (Å²) >= 11 is 1.13. The van der Waals surface area contributed by atoms with Gasteiger partial charge in [-0.25, -0.2) is 9.18 Å². The topological polar surface area (TPSA) is 134 Å². The Hall–Kier alpha value is -4.29. The number of hydrogen-bond donors (Lipinski definition) is 4. The molecule has 208 valence electrons. The standard InChI is InChI=1S/C28H28FN5O5S/c1-28(2,19-8-4-5-9-20(19)29)32-27(37)39-22-15-18-23(33-34-26(18)40-22)31-25(36)17-7-3-6-10-21(17)30-24(35)16-11-13-38-14-12-16/h3-10,15-16H,11-14H2,1-2H3,(H,30,35)(H,32,37)(H2,31,33,34,36). The lowest BCUT2D eigenvalue weighted by atomic mass is 9.94. The Labute approximate surface area is 233 Å². The second-order valence-electron chi connectivity index (χ2n) is 9.88. The third-order valence-corrected chi connectivity index (χ3v) is 7.56. The minimum atomic E-state index is -1.02. The van der Waals surface area contributed by atoms with Gasteiger partial charge in [0.25, 0.3) is 5.91 Å². The van der Waals surface area contributed by atoms with Crippen LogP contribution in [0.4, 0.5) is 20.7 Å². The van der Waals surface area contributed by atoms with E-state index in [9.17, 15) is 18.8 Å². The molecular formula is C28H28FN5O5S. The Kier molecular flexibility index (Phi) is 7.81. The number of H-pyrrole nitrogens is 1. The summed E-state index contributed by atoms with van der Waals surface area (Å²) in [6, 6.07) is 14.5. The van der Waals surface area contributed by atoms with Gasteiger partial charge in [0.2, 0.25) is 5.91 Å². The summed E-state index contributed by atoms with van der Waals surface area (Å²) < 4.78 is 25.0. The van der Waals surface area contributed by atoms with Crippen molar-refractivity contribution in [3.63, 3.8) is 0 Å². The molecule has 0 radical (unpaired) electrons. The molecule has 10 nitrogen and oxygen atoms in total. The fourth-order valence-corrected chi connectivity index (χ4v) is 5.36. The van der Waals surface area contributed by atoms with Crippen LogP contribution in [0.5, 0.6) is 5.06 Å². The third kappa shape index (κ3) is 5.97. The van der Waals surface area contributed by atoms with E-state index in [4.69, 9.17) is 9.47 Å². The maximum absolute atomic E-state index is 14.2. The van der Waals surface area contributed by atoms with E-state index in [1.165, 1.54) is 6.07 Å². The molecule has 0 bridgehead atoms. The molecule has 40 heavy (non-hydrogen) atoms. The van der Waals surface area contributed by atoms with E-state index in [1.54, 1.807) is 62.4 Å². The van der Waals surface area contributed by atoms with Crippen molar-refractivity contribution in [3.8, 4) is 5.06 Å². The lowest BCUT2D eigenvalue weighted by molar-refractivity contribution is -0.122. The molecule has 4 N–H and O–H groups in total. The molecule has 0 saturated carbocycles. The molecule has 0 aliphatic carbocycles. The van der Waals surface area contributed by atoms with Crippen LogP contribution < -0.4 is 20.7 Å². The Morgan fingerprint density at radius 2 is 1.80 bits per heavy atom. The molecule has 2 aromatic heterocycles. The van der Waals surface area contributed by atoms with Gasteiger partial charge in [-0.2, -0.15) is 5.10 Å². The number of carbonyl (C=O) groups is 3. The number of thiophene rings is 1. The van der Waals surface area contributed by atoms with Crippen molar-refractivity contribution in [3.05, 3.63) is 71.5 Å². The number of nitrogens with zero attached hydrogens (tertiary/aromatic N) is 1. The smallest absolute Gasteiger partial charge is 0.399 e. The number of para-hydroxylation sites is 1. The molecule has 2 aromatic carbocycles. The summed E-state index contributed by atoms with van der Waals surface area (Å²) in [6.07, 6.45) is 0.504. The summed E-state index contributed by atoms with van der Waals surface area (Å²) in [6.45, 7) is 4.42. The fourth-order valence-electron chi connectivity index (χ4n) is 4.51. The summed E-state index contributed by atoms with van der Waals surface area (Å²) in [7, 11) is 0. The minimum Gasteiger partial charge on any atom is -0.399 e. The van der Waals surface area contributed by atoms with Crippen molar-refractivity contribution in [2.24, 2.45) is 5.92 Å². The average Bonchev–Trinajstić information content (AvgIpc) is 3.50. The van der Waals surface area contributed by atoms with Crippen molar-refractivity contribution in [1.29, 1.82) is 0 Å². The maximum atomic E-state index is 14.2. The molecule has 3 heterocycles. The molecule has 0 atom stereocenters. The zero-order valence-electron chi connectivity index (χ0n) is 21.9. The lowest BCUT2D eigenvalue weighted by Crippen LogP contribution is -2.43. The van der Waals surface area contributed by atoms with Crippen molar-refractivity contribution in [2.45, 2.75) is 32.2 Å². The monoisotopic (exact) mass is 565 g/mol. The first kappa shape index (κ1) is 27.3. The van der Waals surface area contributed by atoms with Crippen LogP contribution in [0.1, 0.15) is 42.6 Å². The molecule has 0 unspecified atom stereocenters. The van der Waals surface area contributed by atoms with E-state index < -0.39 is 23.4 Å². The first-order chi connectivity index (χ1) is 19.2. The van der Waals surface area contributed by atoms with Crippen LogP contribution in [0.25, 0.3) is 10.2 Å². The maximum Gasteiger partial charge on any atom is 0.414 e. The van der Waals surface area contributed by atoms with Crippen LogP contribution in [0.15, 0.2) is 54.6 Å². The van der Waals surface area contributed by atoms with E-state index in [-0.39, 0.29) is 28.3 Å². The Morgan fingerprint density at radius 1 is 1.07 bits per heavy atom. The number of nitrogens with one attached hydrogen (secondary N) is 4. The van der Waals surface area contributed by atoms with Gasteiger partial charge in [0.1, 0.15) is 10.6 Å². The fraction of sp³-hybridized carbons (Fsp3) is 0.286. The summed E-state index contributed by atoms with van der Waals surface area (Å²) in [4.78, 5) is 39.1. The van der Waals surface area contributed by atoms with Gasteiger partial charge in [0.15, 0.2) is 10.9 Å². The first-order valence-electron chi connectivity index (χ1n) is 12.7. The molecule has 0 spiro atoms. The normalized spacial score (nSPS) is 14.1. The SMILES string of the molecule is CC(C)(NC(=O)Oc1cc2c(NC(=O)c3ccccc3NC(=O)C3CCOCC3)n[nH]c2s1)c1ccccc1F. The molecule has 5 rings (SSSR count). The van der Waals surface area contributed by atoms with Crippen LogP contribution >= 0.6 is 11.3 Å². The number of aromatic amines is 1. The molecule has 1 aliphatic heterocycles. The van der Waals surface area contributed by atoms with Gasteiger partial charge < -0.3 is 25.4 Å². The molecule has 1 saturated heterocycles. The Balaban J connectivity index is 1.26. The largest absolute Gasteiger partial charge is 0.414 e. The zero-order chi connectivity index (χ0) is 28.3. The van der Waals surface area contributed by atoms with Crippen LogP contribution in [-0.2, 0) is 15.1 Å². The summed E-state index contributed by atoms with van der Waals surface area (Å²) in [5, 5.41) is 16.1. The van der Waals surface area contributed by atoms with Crippen LogP contribution in [0, 0.1) is 11.7 Å². The number of hydrogen-bond acceptors (Lipinski definition) is 7. The second kappa shape index (κ2) is 11.4. The highest BCUT2D eigenvalue weighted by molar-refractivity contribution is 7.20. The molecule has 12 heteroatoms. The van der Waals surface area contributed by atoms with Crippen molar-refractivity contribution >= 4 is 51.0 Å². The highest BCUT2D eigenvalue weighted by Gasteiger charge is 2.28. The molecular weight excluding hydrogens is 537 g/mol. The number of amides is 3. The van der Waals surface area contributed by atoms with Gasteiger partial charge in [-0.3, -0.25) is 14.7 Å². The Morgan fingerprint density at radius 3 is 2.58 bits per heavy atom. The summed E-state index contributed by atoms with van der Waals surface area (Å²) in [5.41, 5.74) is -0.0228. The number of halogens is 1. The van der Waals surface area contributed by atoms with Gasteiger partial charge in [0.05, 0.1) is 22.2 Å². The number of carbonyl (C=O) groups excluding carboxylic acids is 3. The van der Waals surface area contributed by atoms with Crippen molar-refractivity contribution in [2.75, 3.05) is 23.8 Å². The minimum absolute atomic E-state index is 0.151. The van der Waals surface area contributed by atoms with Crippen molar-refractivity contribution in [1.82, 2.24) is 15.5 Å². The van der Waals surface area contributed by atoms with Crippen LogP contribution in [-0.4, -0.2) is 41.3 Å². The van der Waals surface area contributed by atoms with E-state index in [1.807, 2.05) is 0 Å². The van der Waals surface area contributed by atoms with Gasteiger partial charge >= 0.3 is 6.09 Å². The third-order valence-electron chi connectivity index (χ3n) is 6.64. The van der Waals surface area contributed by atoms with Gasteiger partial charge in [-0.15, -0.1) is 0 Å². The van der Waals surface area contributed by atoms with Crippen molar-refractivity contribution < 1.29 is 28.2 Å². The lowest BCUT2D eigenvalue weighted by Gasteiger charge is -2.26. The van der Waals surface area contributed by atoms with E-state index in [0.29, 0.717) is 47.5 Å². The Bertz CT molecular complexity index is 1560. The number of fused-ring (bicyclic) bond motifs is 1. The molecule has 1 fully saturated rings. The molecule has 3 amide bonds. The van der Waals surface area contributed by atoms with E-state index >= 15 is 0 Å². The van der Waals surface area contributed by atoms with Crippen LogP contribution in [0.3, 0.4) is 0 Å².